The minimum atomic E-state index is -0.638. The van der Waals surface area contributed by atoms with E-state index in [9.17, 15) is 5.11 Å². The first-order chi connectivity index (χ1) is 6.79. The maximum Gasteiger partial charge on any atom is 0.0868 e. The van der Waals surface area contributed by atoms with Crippen LogP contribution in [0.25, 0.3) is 0 Å². The van der Waals surface area contributed by atoms with Gasteiger partial charge in [-0.2, -0.15) is 0 Å². The molecule has 1 unspecified atom stereocenters. The average molecular weight is 189 g/mol. The second kappa shape index (κ2) is 3.93. The minimum absolute atomic E-state index is 0.638. The van der Waals surface area contributed by atoms with Gasteiger partial charge in [-0.1, -0.05) is 18.2 Å². The van der Waals surface area contributed by atoms with E-state index in [-0.39, 0.29) is 0 Å². The van der Waals surface area contributed by atoms with E-state index in [1.54, 1.807) is 6.20 Å². The van der Waals surface area contributed by atoms with Crippen molar-refractivity contribution in [1.29, 1.82) is 0 Å². The first-order valence-corrected chi connectivity index (χ1v) is 5.07. The molecule has 2 heteroatoms. The number of hydrogen-bond acceptors (Lipinski definition) is 2. The Morgan fingerprint density at radius 1 is 1.50 bits per heavy atom. The monoisotopic (exact) mass is 189 g/mol. The number of pyridine rings is 1. The van der Waals surface area contributed by atoms with E-state index in [2.05, 4.69) is 11.1 Å². The van der Waals surface area contributed by atoms with Crippen LogP contribution in [0.5, 0.6) is 0 Å². The lowest BCUT2D eigenvalue weighted by atomic mass is 9.86. The summed E-state index contributed by atoms with van der Waals surface area (Å²) in [6.45, 7) is 0. The largest absolute Gasteiger partial charge is 0.385 e. The van der Waals surface area contributed by atoms with Crippen LogP contribution in [0.1, 0.15) is 24.8 Å². The molecular weight excluding hydrogens is 174 g/mol. The van der Waals surface area contributed by atoms with Crippen LogP contribution in [0.3, 0.4) is 0 Å². The van der Waals surface area contributed by atoms with E-state index < -0.39 is 5.60 Å². The fourth-order valence-corrected chi connectivity index (χ4v) is 1.92. The van der Waals surface area contributed by atoms with Gasteiger partial charge in [0.25, 0.3) is 0 Å². The summed E-state index contributed by atoms with van der Waals surface area (Å²) in [6, 6.07) is 3.92. The van der Waals surface area contributed by atoms with E-state index >= 15 is 0 Å². The van der Waals surface area contributed by atoms with Crippen LogP contribution in [0.15, 0.2) is 36.7 Å². The lowest BCUT2D eigenvalue weighted by Crippen LogP contribution is -2.30. The van der Waals surface area contributed by atoms with Crippen molar-refractivity contribution in [3.8, 4) is 0 Å². The smallest absolute Gasteiger partial charge is 0.0868 e. The van der Waals surface area contributed by atoms with Crippen LogP contribution in [-0.4, -0.2) is 15.7 Å². The van der Waals surface area contributed by atoms with E-state index in [0.29, 0.717) is 6.42 Å². The van der Waals surface area contributed by atoms with E-state index in [4.69, 9.17) is 0 Å². The molecule has 0 fully saturated rings. The van der Waals surface area contributed by atoms with Gasteiger partial charge in [-0.25, -0.2) is 0 Å². The predicted octanol–water partition coefficient (Wildman–Crippen LogP) is 2.10. The van der Waals surface area contributed by atoms with Gasteiger partial charge in [0, 0.05) is 18.8 Å². The molecule has 74 valence electrons. The van der Waals surface area contributed by atoms with Gasteiger partial charge in [-0.15, -0.1) is 0 Å². The van der Waals surface area contributed by atoms with Crippen molar-refractivity contribution in [3.63, 3.8) is 0 Å². The van der Waals surface area contributed by atoms with Gasteiger partial charge >= 0.3 is 0 Å². The number of nitrogens with zero attached hydrogens (tertiary/aromatic N) is 1. The van der Waals surface area contributed by atoms with Crippen molar-refractivity contribution in [1.82, 2.24) is 4.98 Å². The highest BCUT2D eigenvalue weighted by atomic mass is 16.3. The zero-order valence-electron chi connectivity index (χ0n) is 8.19. The highest BCUT2D eigenvalue weighted by molar-refractivity contribution is 5.17. The lowest BCUT2D eigenvalue weighted by Gasteiger charge is -2.27. The zero-order chi connectivity index (χ0) is 9.86. The fraction of sp³-hybridized carbons (Fsp3) is 0.417. The van der Waals surface area contributed by atoms with Crippen LogP contribution < -0.4 is 0 Å². The second-order valence-electron chi connectivity index (χ2n) is 3.94. The Labute approximate surface area is 84.3 Å². The van der Waals surface area contributed by atoms with Crippen molar-refractivity contribution >= 4 is 0 Å². The first kappa shape index (κ1) is 9.41. The topological polar surface area (TPSA) is 33.1 Å². The Morgan fingerprint density at radius 2 is 2.43 bits per heavy atom. The van der Waals surface area contributed by atoms with Crippen molar-refractivity contribution in [2.45, 2.75) is 31.3 Å². The molecule has 1 atom stereocenters. The van der Waals surface area contributed by atoms with Gasteiger partial charge in [-0.3, -0.25) is 4.98 Å². The Kier molecular flexibility index (Phi) is 2.64. The third kappa shape index (κ3) is 2.20. The van der Waals surface area contributed by atoms with Gasteiger partial charge in [0.1, 0.15) is 0 Å². The predicted molar refractivity (Wildman–Crippen MR) is 55.9 cm³/mol. The Bertz CT molecular complexity index is 320. The molecule has 0 saturated carbocycles. The SMILES string of the molecule is OC1(Cc2cccnc2)C=CCCC1. The summed E-state index contributed by atoms with van der Waals surface area (Å²) in [7, 11) is 0. The Hall–Kier alpha value is -1.15. The van der Waals surface area contributed by atoms with Gasteiger partial charge in [-0.05, 0) is 30.9 Å². The minimum Gasteiger partial charge on any atom is -0.385 e. The van der Waals surface area contributed by atoms with Crippen molar-refractivity contribution in [2.75, 3.05) is 0 Å². The van der Waals surface area contributed by atoms with E-state index in [1.165, 1.54) is 0 Å². The molecule has 1 aliphatic carbocycles. The highest BCUT2D eigenvalue weighted by Gasteiger charge is 2.25. The molecule has 1 aliphatic rings. The number of allylic oxidation sites excluding steroid dienone is 1. The lowest BCUT2D eigenvalue weighted by molar-refractivity contribution is 0.0750. The number of aliphatic hydroxyl groups is 1. The molecule has 0 aromatic carbocycles. The number of hydrogen-bond donors (Lipinski definition) is 1. The van der Waals surface area contributed by atoms with Crippen LogP contribution in [-0.2, 0) is 6.42 Å². The first-order valence-electron chi connectivity index (χ1n) is 5.07. The average Bonchev–Trinajstić information content (AvgIpc) is 2.19. The number of rotatable bonds is 2. The maximum atomic E-state index is 10.2. The molecule has 0 spiro atoms. The van der Waals surface area contributed by atoms with Crippen LogP contribution in [0.2, 0.25) is 0 Å². The Morgan fingerprint density at radius 3 is 3.07 bits per heavy atom. The van der Waals surface area contributed by atoms with Crippen molar-refractivity contribution < 1.29 is 5.11 Å². The molecule has 1 aromatic heterocycles. The maximum absolute atomic E-state index is 10.2. The third-order valence-electron chi connectivity index (χ3n) is 2.64. The molecule has 0 saturated heterocycles. The molecule has 0 radical (unpaired) electrons. The van der Waals surface area contributed by atoms with Crippen molar-refractivity contribution in [2.24, 2.45) is 0 Å². The van der Waals surface area contributed by atoms with Gasteiger partial charge in [0.2, 0.25) is 0 Å². The van der Waals surface area contributed by atoms with Gasteiger partial charge < -0.3 is 5.11 Å². The van der Waals surface area contributed by atoms with Crippen LogP contribution in [0.4, 0.5) is 0 Å². The van der Waals surface area contributed by atoms with Crippen molar-refractivity contribution in [3.05, 3.63) is 42.2 Å². The molecular formula is C12H15NO. The summed E-state index contributed by atoms with van der Waals surface area (Å²) < 4.78 is 0. The van der Waals surface area contributed by atoms with Crippen LogP contribution in [0, 0.1) is 0 Å². The highest BCUT2D eigenvalue weighted by Crippen LogP contribution is 2.25. The molecule has 14 heavy (non-hydrogen) atoms. The van der Waals surface area contributed by atoms with E-state index in [0.717, 1.165) is 24.8 Å². The fourth-order valence-electron chi connectivity index (χ4n) is 1.92. The quantitative estimate of drug-likeness (QED) is 0.723. The molecule has 0 bridgehead atoms. The van der Waals surface area contributed by atoms with Gasteiger partial charge in [0.05, 0.1) is 5.60 Å². The molecule has 1 N–H and O–H groups in total. The summed E-state index contributed by atoms with van der Waals surface area (Å²) in [6.07, 6.45) is 11.3. The molecule has 0 amide bonds. The van der Waals surface area contributed by atoms with Crippen LogP contribution >= 0.6 is 0 Å². The summed E-state index contributed by atoms with van der Waals surface area (Å²) in [4.78, 5) is 4.05. The molecule has 2 rings (SSSR count). The second-order valence-corrected chi connectivity index (χ2v) is 3.94. The van der Waals surface area contributed by atoms with Gasteiger partial charge in [0.15, 0.2) is 0 Å². The third-order valence-corrected chi connectivity index (χ3v) is 2.64. The molecule has 1 heterocycles. The summed E-state index contributed by atoms with van der Waals surface area (Å²) in [5, 5.41) is 10.2. The molecule has 0 aliphatic heterocycles. The normalized spacial score (nSPS) is 26.4. The molecule has 1 aromatic rings. The Balaban J connectivity index is 2.10. The summed E-state index contributed by atoms with van der Waals surface area (Å²) >= 11 is 0. The standard InChI is InChI=1S/C12H15NO/c14-12(6-2-1-3-7-12)9-11-5-4-8-13-10-11/h2,4-6,8,10,14H,1,3,7,9H2. The number of aromatic nitrogens is 1. The summed E-state index contributed by atoms with van der Waals surface area (Å²) in [5.41, 5.74) is 0.461. The zero-order valence-corrected chi connectivity index (χ0v) is 8.19. The molecule has 2 nitrogen and oxygen atoms in total. The summed E-state index contributed by atoms with van der Waals surface area (Å²) in [5.74, 6) is 0. The van der Waals surface area contributed by atoms with E-state index in [1.807, 2.05) is 24.4 Å².